The fourth-order valence-corrected chi connectivity index (χ4v) is 3.33. The van der Waals surface area contributed by atoms with E-state index in [2.05, 4.69) is 15.0 Å². The molecule has 3 heterocycles. The first-order valence-corrected chi connectivity index (χ1v) is 8.55. The minimum atomic E-state index is -0.0302. The average Bonchev–Trinajstić information content (AvgIpc) is 3.06. The molecule has 0 aliphatic carbocycles. The third-order valence-electron chi connectivity index (χ3n) is 4.57. The molecule has 6 nitrogen and oxygen atoms in total. The zero-order chi connectivity index (χ0) is 17.1. The second-order valence-electron chi connectivity index (χ2n) is 6.30. The molecular formula is C19H20N4O2. The lowest BCUT2D eigenvalue weighted by Gasteiger charge is -2.32. The number of para-hydroxylation sites is 1. The van der Waals surface area contributed by atoms with E-state index in [9.17, 15) is 4.79 Å². The minimum Gasteiger partial charge on any atom is -0.471 e. The number of piperidine rings is 1. The van der Waals surface area contributed by atoms with Crippen LogP contribution in [0.25, 0.3) is 10.9 Å². The Bertz CT molecular complexity index is 862. The number of likely N-dealkylation sites (tertiary alicyclic amines) is 1. The van der Waals surface area contributed by atoms with E-state index in [0.717, 1.165) is 35.9 Å². The van der Waals surface area contributed by atoms with Crippen LogP contribution in [-0.2, 0) is 11.2 Å². The molecule has 128 valence electrons. The van der Waals surface area contributed by atoms with Gasteiger partial charge >= 0.3 is 0 Å². The Morgan fingerprint density at radius 3 is 3.12 bits per heavy atom. The molecule has 1 aliphatic heterocycles. The summed E-state index contributed by atoms with van der Waals surface area (Å²) in [6, 6.07) is 8.05. The van der Waals surface area contributed by atoms with Crippen molar-refractivity contribution in [1.82, 2.24) is 19.9 Å². The SMILES string of the molecule is O=C(Cc1c[nH]c2ccccc12)N1CCCC(Oc2cnccn2)C1. The van der Waals surface area contributed by atoms with Gasteiger partial charge in [0.1, 0.15) is 6.10 Å². The predicted molar refractivity (Wildman–Crippen MR) is 94.3 cm³/mol. The number of benzene rings is 1. The number of amides is 1. The number of hydrogen-bond acceptors (Lipinski definition) is 4. The molecule has 1 unspecified atom stereocenters. The molecule has 1 atom stereocenters. The largest absolute Gasteiger partial charge is 0.471 e. The van der Waals surface area contributed by atoms with Crippen molar-refractivity contribution in [3.8, 4) is 5.88 Å². The van der Waals surface area contributed by atoms with Gasteiger partial charge in [0.25, 0.3) is 0 Å². The lowest BCUT2D eigenvalue weighted by atomic mass is 10.1. The van der Waals surface area contributed by atoms with Crippen LogP contribution in [0.15, 0.2) is 49.1 Å². The number of aromatic nitrogens is 3. The molecule has 1 aliphatic rings. The molecule has 1 amide bonds. The van der Waals surface area contributed by atoms with Crippen LogP contribution < -0.4 is 4.74 Å². The monoisotopic (exact) mass is 336 g/mol. The highest BCUT2D eigenvalue weighted by atomic mass is 16.5. The first kappa shape index (κ1) is 15.6. The molecule has 0 bridgehead atoms. The van der Waals surface area contributed by atoms with Crippen molar-refractivity contribution in [2.24, 2.45) is 0 Å². The van der Waals surface area contributed by atoms with Gasteiger partial charge in [-0.25, -0.2) is 4.98 Å². The number of nitrogens with zero attached hydrogens (tertiary/aromatic N) is 3. The third kappa shape index (κ3) is 3.47. The van der Waals surface area contributed by atoms with Crippen molar-refractivity contribution in [3.63, 3.8) is 0 Å². The van der Waals surface area contributed by atoms with Crippen LogP contribution in [0.2, 0.25) is 0 Å². The van der Waals surface area contributed by atoms with Crippen LogP contribution in [0, 0.1) is 0 Å². The van der Waals surface area contributed by atoms with E-state index < -0.39 is 0 Å². The Balaban J connectivity index is 1.41. The van der Waals surface area contributed by atoms with Gasteiger partial charge in [-0.05, 0) is 24.5 Å². The van der Waals surface area contributed by atoms with Gasteiger partial charge in [-0.1, -0.05) is 18.2 Å². The first-order valence-electron chi connectivity index (χ1n) is 8.55. The van der Waals surface area contributed by atoms with E-state index in [1.54, 1.807) is 18.6 Å². The van der Waals surface area contributed by atoms with Crippen molar-refractivity contribution in [3.05, 3.63) is 54.6 Å². The summed E-state index contributed by atoms with van der Waals surface area (Å²) in [5, 5.41) is 1.11. The van der Waals surface area contributed by atoms with Crippen molar-refractivity contribution in [1.29, 1.82) is 0 Å². The smallest absolute Gasteiger partial charge is 0.232 e. The molecule has 0 radical (unpaired) electrons. The van der Waals surface area contributed by atoms with E-state index in [-0.39, 0.29) is 12.0 Å². The summed E-state index contributed by atoms with van der Waals surface area (Å²) in [4.78, 5) is 26.0. The summed E-state index contributed by atoms with van der Waals surface area (Å²) < 4.78 is 5.87. The van der Waals surface area contributed by atoms with Gasteiger partial charge in [-0.15, -0.1) is 0 Å². The van der Waals surface area contributed by atoms with E-state index in [0.29, 0.717) is 18.8 Å². The van der Waals surface area contributed by atoms with E-state index in [4.69, 9.17) is 4.74 Å². The van der Waals surface area contributed by atoms with Gasteiger partial charge in [0.15, 0.2) is 0 Å². The van der Waals surface area contributed by atoms with E-state index in [1.807, 2.05) is 35.4 Å². The van der Waals surface area contributed by atoms with Crippen LogP contribution in [0.1, 0.15) is 18.4 Å². The van der Waals surface area contributed by atoms with Crippen LogP contribution in [0.5, 0.6) is 5.88 Å². The maximum Gasteiger partial charge on any atom is 0.232 e. The highest BCUT2D eigenvalue weighted by molar-refractivity contribution is 5.88. The molecule has 1 saturated heterocycles. The van der Waals surface area contributed by atoms with E-state index in [1.165, 1.54) is 0 Å². The minimum absolute atomic E-state index is 0.0302. The fourth-order valence-electron chi connectivity index (χ4n) is 3.33. The number of nitrogens with one attached hydrogen (secondary N) is 1. The van der Waals surface area contributed by atoms with Gasteiger partial charge in [0.05, 0.1) is 19.2 Å². The van der Waals surface area contributed by atoms with E-state index >= 15 is 0 Å². The molecule has 1 fully saturated rings. The molecule has 3 aromatic rings. The van der Waals surface area contributed by atoms with Gasteiger partial charge in [0, 0.05) is 36.0 Å². The molecule has 1 aromatic carbocycles. The third-order valence-corrected chi connectivity index (χ3v) is 4.57. The Morgan fingerprint density at radius 2 is 2.24 bits per heavy atom. The van der Waals surface area contributed by atoms with Crippen molar-refractivity contribution < 1.29 is 9.53 Å². The Hall–Kier alpha value is -2.89. The van der Waals surface area contributed by atoms with Crippen LogP contribution in [0.4, 0.5) is 0 Å². The lowest BCUT2D eigenvalue weighted by molar-refractivity contribution is -0.133. The average molecular weight is 336 g/mol. The normalized spacial score (nSPS) is 17.6. The number of carbonyl (C=O) groups excluding carboxylic acids is 1. The predicted octanol–water partition coefficient (Wildman–Crippen LogP) is 2.57. The Morgan fingerprint density at radius 1 is 1.32 bits per heavy atom. The number of ether oxygens (including phenoxy) is 1. The van der Waals surface area contributed by atoms with Gasteiger partial charge in [-0.3, -0.25) is 9.78 Å². The number of carbonyl (C=O) groups is 1. The fraction of sp³-hybridized carbons (Fsp3) is 0.316. The summed E-state index contributed by atoms with van der Waals surface area (Å²) in [5.74, 6) is 0.649. The number of H-pyrrole nitrogens is 1. The molecular weight excluding hydrogens is 316 g/mol. The van der Waals surface area contributed by atoms with Gasteiger partial charge in [0.2, 0.25) is 11.8 Å². The van der Waals surface area contributed by atoms with Crippen LogP contribution >= 0.6 is 0 Å². The van der Waals surface area contributed by atoms with Gasteiger partial charge < -0.3 is 14.6 Å². The standard InChI is InChI=1S/C19H20N4O2/c24-19(10-14-11-22-17-6-2-1-5-16(14)17)23-9-3-4-15(13-23)25-18-12-20-7-8-21-18/h1-2,5-8,11-12,15,22H,3-4,9-10,13H2. The zero-order valence-corrected chi connectivity index (χ0v) is 13.9. The summed E-state index contributed by atoms with van der Waals surface area (Å²) in [7, 11) is 0. The molecule has 4 rings (SSSR count). The second-order valence-corrected chi connectivity index (χ2v) is 6.30. The number of aromatic amines is 1. The molecule has 0 saturated carbocycles. The number of fused-ring (bicyclic) bond motifs is 1. The molecule has 1 N–H and O–H groups in total. The highest BCUT2D eigenvalue weighted by Gasteiger charge is 2.25. The lowest BCUT2D eigenvalue weighted by Crippen LogP contribution is -2.45. The zero-order valence-electron chi connectivity index (χ0n) is 13.9. The van der Waals surface area contributed by atoms with Crippen LogP contribution in [-0.4, -0.2) is 45.0 Å². The molecule has 0 spiro atoms. The quantitative estimate of drug-likeness (QED) is 0.795. The maximum atomic E-state index is 12.7. The summed E-state index contributed by atoms with van der Waals surface area (Å²) in [5.41, 5.74) is 2.10. The number of hydrogen-bond donors (Lipinski definition) is 1. The molecule has 2 aromatic heterocycles. The van der Waals surface area contributed by atoms with Gasteiger partial charge in [-0.2, -0.15) is 0 Å². The number of rotatable bonds is 4. The summed E-state index contributed by atoms with van der Waals surface area (Å²) in [6.07, 6.45) is 8.99. The molecule has 25 heavy (non-hydrogen) atoms. The van der Waals surface area contributed by atoms with Crippen molar-refractivity contribution in [2.45, 2.75) is 25.4 Å². The Labute approximate surface area is 145 Å². The van der Waals surface area contributed by atoms with Crippen LogP contribution in [0.3, 0.4) is 0 Å². The summed E-state index contributed by atoms with van der Waals surface area (Å²) in [6.45, 7) is 1.37. The topological polar surface area (TPSA) is 71.1 Å². The van der Waals surface area contributed by atoms with Crippen molar-refractivity contribution >= 4 is 16.8 Å². The Kier molecular flexibility index (Phi) is 4.33. The highest BCUT2D eigenvalue weighted by Crippen LogP contribution is 2.21. The molecule has 6 heteroatoms. The second kappa shape index (κ2) is 6.93. The maximum absolute atomic E-state index is 12.7. The summed E-state index contributed by atoms with van der Waals surface area (Å²) >= 11 is 0. The van der Waals surface area contributed by atoms with Crippen molar-refractivity contribution in [2.75, 3.05) is 13.1 Å². The first-order chi connectivity index (χ1) is 12.3.